The van der Waals surface area contributed by atoms with Gasteiger partial charge in [-0.15, -0.1) is 0 Å². The first-order chi connectivity index (χ1) is 9.46. The molecule has 0 unspecified atom stereocenters. The quantitative estimate of drug-likeness (QED) is 0.809. The SMILES string of the molecule is Cc1cc(CNCC2(CO)CC2)c(OC(F)F)cc1C. The summed E-state index contributed by atoms with van der Waals surface area (Å²) in [6, 6.07) is 3.52. The molecule has 0 radical (unpaired) electrons. The molecule has 3 nitrogen and oxygen atoms in total. The average Bonchev–Trinajstić information content (AvgIpc) is 3.15. The van der Waals surface area contributed by atoms with Gasteiger partial charge in [0, 0.05) is 30.7 Å². The molecule has 2 N–H and O–H groups in total. The van der Waals surface area contributed by atoms with Crippen molar-refractivity contribution in [3.63, 3.8) is 0 Å². The third kappa shape index (κ3) is 3.67. The van der Waals surface area contributed by atoms with E-state index in [0.29, 0.717) is 13.1 Å². The summed E-state index contributed by atoms with van der Waals surface area (Å²) in [6.07, 6.45) is 2.04. The normalized spacial score (nSPS) is 16.5. The van der Waals surface area contributed by atoms with Crippen molar-refractivity contribution >= 4 is 0 Å². The van der Waals surface area contributed by atoms with E-state index in [2.05, 4.69) is 10.1 Å². The predicted octanol–water partition coefficient (Wildman–Crippen LogP) is 2.77. The van der Waals surface area contributed by atoms with E-state index in [0.717, 1.165) is 29.5 Å². The first-order valence-corrected chi connectivity index (χ1v) is 6.82. The smallest absolute Gasteiger partial charge is 0.387 e. The van der Waals surface area contributed by atoms with E-state index in [1.54, 1.807) is 6.07 Å². The summed E-state index contributed by atoms with van der Waals surface area (Å²) in [4.78, 5) is 0. The van der Waals surface area contributed by atoms with Crippen LogP contribution in [0.3, 0.4) is 0 Å². The number of rotatable bonds is 7. The first kappa shape index (κ1) is 15.2. The van der Waals surface area contributed by atoms with Crippen molar-refractivity contribution in [3.8, 4) is 5.75 Å². The Morgan fingerprint density at radius 2 is 1.95 bits per heavy atom. The zero-order valence-electron chi connectivity index (χ0n) is 11.9. The van der Waals surface area contributed by atoms with Gasteiger partial charge in [-0.1, -0.05) is 6.07 Å². The highest BCUT2D eigenvalue weighted by atomic mass is 19.3. The van der Waals surface area contributed by atoms with E-state index in [9.17, 15) is 13.9 Å². The van der Waals surface area contributed by atoms with Crippen molar-refractivity contribution in [2.45, 2.75) is 39.8 Å². The predicted molar refractivity (Wildman–Crippen MR) is 73.0 cm³/mol. The van der Waals surface area contributed by atoms with Crippen LogP contribution in [0.5, 0.6) is 5.75 Å². The van der Waals surface area contributed by atoms with Crippen molar-refractivity contribution < 1.29 is 18.6 Å². The van der Waals surface area contributed by atoms with Gasteiger partial charge in [0.25, 0.3) is 0 Å². The van der Waals surface area contributed by atoms with Crippen molar-refractivity contribution in [2.24, 2.45) is 5.41 Å². The maximum Gasteiger partial charge on any atom is 0.387 e. The molecule has 112 valence electrons. The summed E-state index contributed by atoms with van der Waals surface area (Å²) < 4.78 is 29.4. The number of alkyl halides is 2. The highest BCUT2D eigenvalue weighted by Crippen LogP contribution is 2.44. The van der Waals surface area contributed by atoms with Gasteiger partial charge in [0.2, 0.25) is 0 Å². The fourth-order valence-corrected chi connectivity index (χ4v) is 2.22. The van der Waals surface area contributed by atoms with Crippen molar-refractivity contribution in [1.82, 2.24) is 5.32 Å². The lowest BCUT2D eigenvalue weighted by Gasteiger charge is -2.16. The Kier molecular flexibility index (Phi) is 4.60. The molecule has 0 spiro atoms. The fraction of sp³-hybridized carbons (Fsp3) is 0.600. The summed E-state index contributed by atoms with van der Waals surface area (Å²) in [7, 11) is 0. The highest BCUT2D eigenvalue weighted by Gasteiger charge is 2.41. The van der Waals surface area contributed by atoms with Crippen LogP contribution in [0, 0.1) is 19.3 Å². The van der Waals surface area contributed by atoms with E-state index >= 15 is 0 Å². The molecule has 2 rings (SSSR count). The second kappa shape index (κ2) is 6.06. The topological polar surface area (TPSA) is 41.5 Å². The number of ether oxygens (including phenoxy) is 1. The summed E-state index contributed by atoms with van der Waals surface area (Å²) in [6.45, 7) is 2.34. The Morgan fingerprint density at radius 3 is 2.50 bits per heavy atom. The van der Waals surface area contributed by atoms with Gasteiger partial charge >= 0.3 is 6.61 Å². The summed E-state index contributed by atoms with van der Waals surface area (Å²) in [5.74, 6) is 0.226. The van der Waals surface area contributed by atoms with Crippen LogP contribution in [-0.2, 0) is 6.54 Å². The number of hydrogen-bond acceptors (Lipinski definition) is 3. The molecule has 1 saturated carbocycles. The van der Waals surface area contributed by atoms with Crippen molar-refractivity contribution in [2.75, 3.05) is 13.2 Å². The van der Waals surface area contributed by atoms with Gasteiger partial charge in [0.15, 0.2) is 0 Å². The third-order valence-corrected chi connectivity index (χ3v) is 4.00. The number of nitrogens with one attached hydrogen (secondary N) is 1. The minimum Gasteiger partial charge on any atom is -0.434 e. The Balaban J connectivity index is 2.03. The second-order valence-corrected chi connectivity index (χ2v) is 5.68. The zero-order valence-corrected chi connectivity index (χ0v) is 11.9. The minimum absolute atomic E-state index is 0.00345. The van der Waals surface area contributed by atoms with Gasteiger partial charge in [-0.05, 0) is 43.9 Å². The number of aliphatic hydroxyl groups is 1. The molecule has 0 aliphatic heterocycles. The third-order valence-electron chi connectivity index (χ3n) is 4.00. The Bertz CT molecular complexity index is 473. The Morgan fingerprint density at radius 1 is 1.30 bits per heavy atom. The van der Waals surface area contributed by atoms with Crippen LogP contribution in [0.1, 0.15) is 29.5 Å². The second-order valence-electron chi connectivity index (χ2n) is 5.68. The van der Waals surface area contributed by atoms with Gasteiger partial charge in [-0.25, -0.2) is 0 Å². The van der Waals surface area contributed by atoms with Crippen molar-refractivity contribution in [1.29, 1.82) is 0 Å². The van der Waals surface area contributed by atoms with Gasteiger partial charge in [0.1, 0.15) is 5.75 Å². The molecular weight excluding hydrogens is 264 g/mol. The molecule has 1 aliphatic rings. The van der Waals surface area contributed by atoms with E-state index in [1.807, 2.05) is 19.9 Å². The molecule has 0 atom stereocenters. The van der Waals surface area contributed by atoms with E-state index in [4.69, 9.17) is 0 Å². The molecule has 1 aliphatic carbocycles. The van der Waals surface area contributed by atoms with E-state index in [-0.39, 0.29) is 17.8 Å². The van der Waals surface area contributed by atoms with Crippen LogP contribution in [-0.4, -0.2) is 24.9 Å². The average molecular weight is 285 g/mol. The zero-order chi connectivity index (χ0) is 14.8. The van der Waals surface area contributed by atoms with Crippen LogP contribution in [0.4, 0.5) is 8.78 Å². The largest absolute Gasteiger partial charge is 0.434 e. The molecule has 0 heterocycles. The number of aliphatic hydroxyl groups excluding tert-OH is 1. The molecule has 1 fully saturated rings. The lowest BCUT2D eigenvalue weighted by molar-refractivity contribution is -0.0505. The summed E-state index contributed by atoms with van der Waals surface area (Å²) >= 11 is 0. The molecule has 0 amide bonds. The molecule has 20 heavy (non-hydrogen) atoms. The monoisotopic (exact) mass is 285 g/mol. The molecule has 0 aromatic heterocycles. The standard InChI is InChI=1S/C15H21F2NO2/c1-10-5-12(7-18-8-15(9-19)3-4-15)13(6-11(10)2)20-14(16)17/h5-6,14,18-19H,3-4,7-9H2,1-2H3. The van der Waals surface area contributed by atoms with Crippen LogP contribution in [0.15, 0.2) is 12.1 Å². The lowest BCUT2D eigenvalue weighted by atomic mass is 10.0. The van der Waals surface area contributed by atoms with Crippen LogP contribution in [0.2, 0.25) is 0 Å². The van der Waals surface area contributed by atoms with E-state index in [1.165, 1.54) is 0 Å². The Labute approximate surface area is 117 Å². The minimum atomic E-state index is -2.82. The van der Waals surface area contributed by atoms with Gasteiger partial charge in [-0.2, -0.15) is 8.78 Å². The lowest BCUT2D eigenvalue weighted by Crippen LogP contribution is -2.26. The summed E-state index contributed by atoms with van der Waals surface area (Å²) in [5, 5.41) is 12.5. The van der Waals surface area contributed by atoms with E-state index < -0.39 is 6.61 Å². The Hall–Kier alpha value is -1.20. The number of benzene rings is 1. The number of halogens is 2. The van der Waals surface area contributed by atoms with Crippen LogP contribution >= 0.6 is 0 Å². The number of hydrogen-bond donors (Lipinski definition) is 2. The first-order valence-electron chi connectivity index (χ1n) is 6.82. The maximum absolute atomic E-state index is 12.4. The molecular formula is C15H21F2NO2. The molecule has 0 bridgehead atoms. The maximum atomic E-state index is 12.4. The van der Waals surface area contributed by atoms with Crippen LogP contribution < -0.4 is 10.1 Å². The molecule has 1 aromatic carbocycles. The summed E-state index contributed by atoms with van der Waals surface area (Å²) in [5.41, 5.74) is 2.70. The van der Waals surface area contributed by atoms with Gasteiger partial charge < -0.3 is 15.2 Å². The molecule has 1 aromatic rings. The fourth-order valence-electron chi connectivity index (χ4n) is 2.22. The molecule has 0 saturated heterocycles. The van der Waals surface area contributed by atoms with Crippen molar-refractivity contribution in [3.05, 3.63) is 28.8 Å². The molecule has 5 heteroatoms. The van der Waals surface area contributed by atoms with Crippen LogP contribution in [0.25, 0.3) is 0 Å². The van der Waals surface area contributed by atoms with Gasteiger partial charge in [0.05, 0.1) is 0 Å². The highest BCUT2D eigenvalue weighted by molar-refractivity contribution is 5.41. The van der Waals surface area contributed by atoms with Gasteiger partial charge in [-0.3, -0.25) is 0 Å². The number of aryl methyl sites for hydroxylation is 2.